The minimum atomic E-state index is -0.310. The summed E-state index contributed by atoms with van der Waals surface area (Å²) in [6, 6.07) is 7.63. The van der Waals surface area contributed by atoms with Crippen molar-refractivity contribution in [3.8, 4) is 0 Å². The molecule has 0 saturated heterocycles. The van der Waals surface area contributed by atoms with E-state index in [2.05, 4.69) is 12.2 Å². The summed E-state index contributed by atoms with van der Waals surface area (Å²) in [6.45, 7) is 4.07. The lowest BCUT2D eigenvalue weighted by Gasteiger charge is -2.14. The molecule has 0 unspecified atom stereocenters. The van der Waals surface area contributed by atoms with Crippen molar-refractivity contribution in [2.75, 3.05) is 16.8 Å². The number of hydrogen-bond donors (Lipinski definition) is 2. The topological polar surface area (TPSA) is 72.2 Å². The number of amides is 2. The highest BCUT2D eigenvalue weighted by Gasteiger charge is 2.14. The van der Waals surface area contributed by atoms with Gasteiger partial charge in [-0.2, -0.15) is 0 Å². The maximum atomic E-state index is 12.2. The van der Waals surface area contributed by atoms with E-state index in [4.69, 9.17) is 5.73 Å². The van der Waals surface area contributed by atoms with E-state index in [-0.39, 0.29) is 17.1 Å². The van der Waals surface area contributed by atoms with Gasteiger partial charge in [-0.3, -0.25) is 9.59 Å². The Hall–Kier alpha value is -1.14. The number of carbonyl (C=O) groups excluding carboxylic acids is 2. The average molecular weight is 341 g/mol. The van der Waals surface area contributed by atoms with Crippen molar-refractivity contribution in [3.63, 3.8) is 0 Å². The van der Waals surface area contributed by atoms with Crippen molar-refractivity contribution in [1.82, 2.24) is 0 Å². The van der Waals surface area contributed by atoms with Crippen LogP contribution in [0, 0.1) is 0 Å². The summed E-state index contributed by atoms with van der Waals surface area (Å²) in [5.41, 5.74) is 5.94. The Labute approximate surface area is 141 Å². The molecule has 122 valence electrons. The molecule has 1 aromatic rings. The molecule has 0 aliphatic heterocycles. The average Bonchev–Trinajstić information content (AvgIpc) is 2.48. The minimum Gasteiger partial charge on any atom is -0.370 e. The van der Waals surface area contributed by atoms with Crippen LogP contribution in [0.15, 0.2) is 29.2 Å². The molecule has 22 heavy (non-hydrogen) atoms. The SMILES string of the molecule is CCCCS[C@H](C)C(=O)Nc1ccccc1SCCC(N)=O. The molecule has 0 spiro atoms. The Morgan fingerprint density at radius 3 is 2.68 bits per heavy atom. The summed E-state index contributed by atoms with van der Waals surface area (Å²) in [4.78, 5) is 24.0. The Morgan fingerprint density at radius 1 is 1.27 bits per heavy atom. The van der Waals surface area contributed by atoms with E-state index in [0.29, 0.717) is 12.2 Å². The van der Waals surface area contributed by atoms with Gasteiger partial charge in [0, 0.05) is 17.1 Å². The third-order valence-corrected chi connectivity index (χ3v) is 5.30. The van der Waals surface area contributed by atoms with Gasteiger partial charge in [0.1, 0.15) is 0 Å². The second-order valence-electron chi connectivity index (χ2n) is 4.92. The quantitative estimate of drug-likeness (QED) is 0.505. The molecular weight excluding hydrogens is 316 g/mol. The minimum absolute atomic E-state index is 0.0176. The molecule has 1 rings (SSSR count). The third-order valence-electron chi connectivity index (χ3n) is 2.99. The number of unbranched alkanes of at least 4 members (excludes halogenated alkanes) is 1. The maximum absolute atomic E-state index is 12.2. The number of para-hydroxylation sites is 1. The number of primary amides is 1. The van der Waals surface area contributed by atoms with E-state index in [1.165, 1.54) is 11.8 Å². The first-order chi connectivity index (χ1) is 10.5. The Kier molecular flexibility index (Phi) is 9.08. The van der Waals surface area contributed by atoms with E-state index in [0.717, 1.165) is 29.2 Å². The van der Waals surface area contributed by atoms with Crippen LogP contribution in [0.2, 0.25) is 0 Å². The van der Waals surface area contributed by atoms with E-state index in [1.54, 1.807) is 11.8 Å². The van der Waals surface area contributed by atoms with Crippen LogP contribution in [-0.2, 0) is 9.59 Å². The lowest BCUT2D eigenvalue weighted by molar-refractivity contribution is -0.117. The summed E-state index contributed by atoms with van der Waals surface area (Å²) in [5.74, 6) is 1.32. The number of rotatable bonds is 10. The van der Waals surface area contributed by atoms with Gasteiger partial charge in [-0.15, -0.1) is 23.5 Å². The molecular formula is C16H24N2O2S2. The summed E-state index contributed by atoms with van der Waals surface area (Å²) in [5, 5.41) is 2.90. The Balaban J connectivity index is 2.56. The van der Waals surface area contributed by atoms with Crippen LogP contribution in [-0.4, -0.2) is 28.6 Å². The highest BCUT2D eigenvalue weighted by molar-refractivity contribution is 8.00. The van der Waals surface area contributed by atoms with Crippen LogP contribution in [0.3, 0.4) is 0 Å². The van der Waals surface area contributed by atoms with Gasteiger partial charge in [-0.25, -0.2) is 0 Å². The fourth-order valence-corrected chi connectivity index (χ4v) is 3.66. The van der Waals surface area contributed by atoms with Crippen LogP contribution < -0.4 is 11.1 Å². The monoisotopic (exact) mass is 340 g/mol. The number of benzene rings is 1. The predicted octanol–water partition coefficient (Wildman–Crippen LogP) is 3.51. The lowest BCUT2D eigenvalue weighted by atomic mass is 10.3. The van der Waals surface area contributed by atoms with Gasteiger partial charge < -0.3 is 11.1 Å². The fourth-order valence-electron chi connectivity index (χ4n) is 1.67. The van der Waals surface area contributed by atoms with Crippen LogP contribution in [0.4, 0.5) is 5.69 Å². The molecule has 2 amide bonds. The molecule has 0 heterocycles. The molecule has 0 fully saturated rings. The number of carbonyl (C=O) groups is 2. The number of nitrogens with two attached hydrogens (primary N) is 1. The number of hydrogen-bond acceptors (Lipinski definition) is 4. The summed E-state index contributed by atoms with van der Waals surface area (Å²) >= 11 is 3.20. The zero-order chi connectivity index (χ0) is 16.4. The number of anilines is 1. The molecule has 1 aromatic carbocycles. The molecule has 0 aliphatic carbocycles. The molecule has 0 radical (unpaired) electrons. The summed E-state index contributed by atoms with van der Waals surface area (Å²) < 4.78 is 0. The normalized spacial score (nSPS) is 11.9. The third kappa shape index (κ3) is 7.22. The smallest absolute Gasteiger partial charge is 0.237 e. The van der Waals surface area contributed by atoms with Crippen molar-refractivity contribution < 1.29 is 9.59 Å². The highest BCUT2D eigenvalue weighted by atomic mass is 32.2. The van der Waals surface area contributed by atoms with E-state index in [9.17, 15) is 9.59 Å². The van der Waals surface area contributed by atoms with Gasteiger partial charge in [0.05, 0.1) is 10.9 Å². The largest absolute Gasteiger partial charge is 0.370 e. The van der Waals surface area contributed by atoms with Crippen LogP contribution >= 0.6 is 23.5 Å². The zero-order valence-electron chi connectivity index (χ0n) is 13.1. The van der Waals surface area contributed by atoms with Gasteiger partial charge in [-0.1, -0.05) is 25.5 Å². The molecule has 0 bridgehead atoms. The Bertz CT molecular complexity index is 495. The van der Waals surface area contributed by atoms with Gasteiger partial charge in [0.2, 0.25) is 11.8 Å². The van der Waals surface area contributed by atoms with Crippen LogP contribution in [0.25, 0.3) is 0 Å². The standard InChI is InChI=1S/C16H24N2O2S2/c1-3-4-10-21-12(2)16(20)18-13-7-5-6-8-14(13)22-11-9-15(17)19/h5-8,12H,3-4,9-11H2,1-2H3,(H2,17,19)(H,18,20)/t12-/m1/s1. The van der Waals surface area contributed by atoms with E-state index < -0.39 is 0 Å². The second kappa shape index (κ2) is 10.6. The maximum Gasteiger partial charge on any atom is 0.237 e. The molecule has 0 saturated carbocycles. The number of thioether (sulfide) groups is 2. The van der Waals surface area contributed by atoms with Gasteiger partial charge >= 0.3 is 0 Å². The summed E-state index contributed by atoms with van der Waals surface area (Å²) in [6.07, 6.45) is 2.60. The van der Waals surface area contributed by atoms with Gasteiger partial charge in [0.25, 0.3) is 0 Å². The highest BCUT2D eigenvalue weighted by Crippen LogP contribution is 2.28. The molecule has 6 heteroatoms. The number of nitrogens with one attached hydrogen (secondary N) is 1. The first-order valence-electron chi connectivity index (χ1n) is 7.47. The molecule has 0 aromatic heterocycles. The first-order valence-corrected chi connectivity index (χ1v) is 9.50. The first kappa shape index (κ1) is 18.9. The van der Waals surface area contributed by atoms with E-state index >= 15 is 0 Å². The fraction of sp³-hybridized carbons (Fsp3) is 0.500. The van der Waals surface area contributed by atoms with Crippen LogP contribution in [0.5, 0.6) is 0 Å². The lowest BCUT2D eigenvalue weighted by Crippen LogP contribution is -2.23. The van der Waals surface area contributed by atoms with Crippen molar-refractivity contribution >= 4 is 41.0 Å². The Morgan fingerprint density at radius 2 is 2.00 bits per heavy atom. The molecule has 1 atom stereocenters. The molecule has 0 aliphatic rings. The van der Waals surface area contributed by atoms with Gasteiger partial charge in [0.15, 0.2) is 0 Å². The zero-order valence-corrected chi connectivity index (χ0v) is 14.8. The molecule has 3 N–H and O–H groups in total. The predicted molar refractivity (Wildman–Crippen MR) is 96.4 cm³/mol. The van der Waals surface area contributed by atoms with Crippen LogP contribution in [0.1, 0.15) is 33.1 Å². The second-order valence-corrected chi connectivity index (χ2v) is 7.50. The summed E-state index contributed by atoms with van der Waals surface area (Å²) in [7, 11) is 0. The van der Waals surface area contributed by atoms with Gasteiger partial charge in [-0.05, 0) is 31.2 Å². The van der Waals surface area contributed by atoms with Crippen molar-refractivity contribution in [2.45, 2.75) is 43.3 Å². The van der Waals surface area contributed by atoms with Crippen molar-refractivity contribution in [3.05, 3.63) is 24.3 Å². The van der Waals surface area contributed by atoms with Crippen molar-refractivity contribution in [1.29, 1.82) is 0 Å². The van der Waals surface area contributed by atoms with Crippen molar-refractivity contribution in [2.24, 2.45) is 5.73 Å². The molecule has 4 nitrogen and oxygen atoms in total. The van der Waals surface area contributed by atoms with E-state index in [1.807, 2.05) is 31.2 Å².